The first-order valence-corrected chi connectivity index (χ1v) is 12.2. The second-order valence-electron chi connectivity index (χ2n) is 7.69. The third-order valence-electron chi connectivity index (χ3n) is 5.43. The molecule has 0 aliphatic carbocycles. The second-order valence-corrected chi connectivity index (χ2v) is 8.93. The molecule has 4 rings (SSSR count). The molecule has 0 fully saturated rings. The summed E-state index contributed by atoms with van der Waals surface area (Å²) in [5.74, 6) is 1.64. The molecule has 2 N–H and O–H groups in total. The molecule has 176 valence electrons. The van der Waals surface area contributed by atoms with Gasteiger partial charge in [0.1, 0.15) is 24.0 Å². The zero-order chi connectivity index (χ0) is 23.6. The molecular formula is C23H26NO8P. The first-order chi connectivity index (χ1) is 15.8. The second kappa shape index (κ2) is 9.57. The number of hydrogen-bond acceptors (Lipinski definition) is 6. The minimum Gasteiger partial charge on any atom is -0.497 e. The van der Waals surface area contributed by atoms with Crippen LogP contribution in [0.25, 0.3) is 22.0 Å². The maximum Gasteiger partial charge on any atom is 0.471 e. The average Bonchev–Trinajstić information content (AvgIpc) is 2.81. The summed E-state index contributed by atoms with van der Waals surface area (Å²) < 4.78 is 34.8. The number of pyridine rings is 1. The molecule has 0 radical (unpaired) electrons. The molecule has 0 unspecified atom stereocenters. The quantitative estimate of drug-likeness (QED) is 0.472. The number of phosphoric ester groups is 1. The van der Waals surface area contributed by atoms with Crippen molar-refractivity contribution in [1.82, 2.24) is 4.57 Å². The van der Waals surface area contributed by atoms with Crippen LogP contribution in [0.15, 0.2) is 41.3 Å². The normalized spacial score (nSPS) is 13.5. The molecule has 0 saturated carbocycles. The standard InChI is InChI=1S/C23H26NO8P/c1-3-10-30-20-12-19-17(5-4-11-31-19)21-22(20)24(14-32-33(26,27)28)13-18(23(21)25)15-6-8-16(29-2)9-7-15/h6-9,12-13H,3-5,10-11,14H2,1-2H3,(H2,26,27,28). The van der Waals surface area contributed by atoms with E-state index in [-0.39, 0.29) is 5.43 Å². The van der Waals surface area contributed by atoms with Crippen LogP contribution < -0.4 is 19.6 Å². The van der Waals surface area contributed by atoms with Gasteiger partial charge < -0.3 is 28.6 Å². The highest BCUT2D eigenvalue weighted by Crippen LogP contribution is 2.40. The van der Waals surface area contributed by atoms with Gasteiger partial charge in [0.05, 0.1) is 31.2 Å². The number of hydrogen-bond donors (Lipinski definition) is 2. The van der Waals surface area contributed by atoms with Crippen molar-refractivity contribution < 1.29 is 33.1 Å². The van der Waals surface area contributed by atoms with E-state index < -0.39 is 14.6 Å². The summed E-state index contributed by atoms with van der Waals surface area (Å²) in [7, 11) is -3.20. The van der Waals surface area contributed by atoms with E-state index in [1.165, 1.54) is 10.8 Å². The summed E-state index contributed by atoms with van der Waals surface area (Å²) in [5, 5.41) is 0.404. The molecule has 0 saturated heterocycles. The van der Waals surface area contributed by atoms with Crippen molar-refractivity contribution >= 4 is 18.7 Å². The molecule has 0 spiro atoms. The van der Waals surface area contributed by atoms with E-state index in [1.807, 2.05) is 6.92 Å². The predicted octanol–water partition coefficient (Wildman–Crippen LogP) is 3.86. The van der Waals surface area contributed by atoms with Crippen LogP contribution >= 0.6 is 7.82 Å². The molecule has 0 bridgehead atoms. The van der Waals surface area contributed by atoms with Crippen LogP contribution in [0.3, 0.4) is 0 Å². The Morgan fingerprint density at radius 3 is 2.64 bits per heavy atom. The van der Waals surface area contributed by atoms with Gasteiger partial charge >= 0.3 is 7.82 Å². The Morgan fingerprint density at radius 1 is 1.21 bits per heavy atom. The number of aromatic nitrogens is 1. The highest BCUT2D eigenvalue weighted by Gasteiger charge is 2.25. The Morgan fingerprint density at radius 2 is 1.97 bits per heavy atom. The Kier molecular flexibility index (Phi) is 6.76. The molecule has 1 aliphatic rings. The summed E-state index contributed by atoms with van der Waals surface area (Å²) >= 11 is 0. The van der Waals surface area contributed by atoms with Crippen molar-refractivity contribution in [3.63, 3.8) is 0 Å². The maximum absolute atomic E-state index is 13.8. The average molecular weight is 475 g/mol. The summed E-state index contributed by atoms with van der Waals surface area (Å²) in [6.45, 7) is 2.44. The first-order valence-electron chi connectivity index (χ1n) is 10.7. The summed E-state index contributed by atoms with van der Waals surface area (Å²) in [6.07, 6.45) is 3.67. The van der Waals surface area contributed by atoms with Crippen molar-refractivity contribution in [2.75, 3.05) is 20.3 Å². The van der Waals surface area contributed by atoms with E-state index in [0.29, 0.717) is 58.9 Å². The maximum atomic E-state index is 13.8. The van der Waals surface area contributed by atoms with Gasteiger partial charge in [-0.1, -0.05) is 19.1 Å². The molecule has 2 heterocycles. The van der Waals surface area contributed by atoms with Crippen molar-refractivity contribution in [2.24, 2.45) is 0 Å². The van der Waals surface area contributed by atoms with E-state index in [1.54, 1.807) is 37.4 Å². The number of ether oxygens (including phenoxy) is 3. The van der Waals surface area contributed by atoms with Crippen molar-refractivity contribution in [3.05, 3.63) is 52.3 Å². The van der Waals surface area contributed by atoms with Crippen LogP contribution in [0.2, 0.25) is 0 Å². The lowest BCUT2D eigenvalue weighted by molar-refractivity contribution is 0.155. The number of aryl methyl sites for hydroxylation is 1. The van der Waals surface area contributed by atoms with E-state index >= 15 is 0 Å². The third-order valence-corrected chi connectivity index (χ3v) is 5.88. The van der Waals surface area contributed by atoms with Crippen molar-refractivity contribution in [1.29, 1.82) is 0 Å². The number of phosphoric acid groups is 1. The Balaban J connectivity index is 2.02. The van der Waals surface area contributed by atoms with Gasteiger partial charge in [0.2, 0.25) is 0 Å². The van der Waals surface area contributed by atoms with Crippen molar-refractivity contribution in [3.8, 4) is 28.4 Å². The van der Waals surface area contributed by atoms with E-state index in [0.717, 1.165) is 18.4 Å². The molecule has 1 aliphatic heterocycles. The van der Waals surface area contributed by atoms with E-state index in [2.05, 4.69) is 0 Å². The molecule has 2 aromatic carbocycles. The topological polar surface area (TPSA) is 116 Å². The van der Waals surface area contributed by atoms with E-state index in [4.69, 9.17) is 18.7 Å². The molecule has 0 atom stereocenters. The number of rotatable bonds is 8. The van der Waals surface area contributed by atoms with E-state index in [9.17, 15) is 19.1 Å². The van der Waals surface area contributed by atoms with Gasteiger partial charge in [0, 0.05) is 23.4 Å². The van der Waals surface area contributed by atoms with Gasteiger partial charge in [0.15, 0.2) is 5.43 Å². The lowest BCUT2D eigenvalue weighted by Crippen LogP contribution is -2.19. The van der Waals surface area contributed by atoms with Gasteiger partial charge in [-0.05, 0) is 37.0 Å². The monoisotopic (exact) mass is 475 g/mol. The minimum absolute atomic E-state index is 0.216. The first kappa shape index (κ1) is 23.3. The fraction of sp³-hybridized carbons (Fsp3) is 0.348. The van der Waals surface area contributed by atoms with Gasteiger partial charge in [-0.15, -0.1) is 0 Å². The van der Waals surface area contributed by atoms with Crippen LogP contribution in [-0.4, -0.2) is 34.7 Å². The molecular weight excluding hydrogens is 449 g/mol. The van der Waals surface area contributed by atoms with Crippen LogP contribution in [0.1, 0.15) is 25.3 Å². The Hall–Kier alpha value is -2.84. The van der Waals surface area contributed by atoms with Crippen LogP contribution in [0.5, 0.6) is 17.2 Å². The Bertz CT molecular complexity index is 1260. The molecule has 10 heteroatoms. The third kappa shape index (κ3) is 4.91. The highest BCUT2D eigenvalue weighted by atomic mass is 31.2. The number of methoxy groups -OCH3 is 1. The van der Waals surface area contributed by atoms with Gasteiger partial charge in [-0.2, -0.15) is 0 Å². The fourth-order valence-electron chi connectivity index (χ4n) is 3.95. The number of benzene rings is 2. The van der Waals surface area contributed by atoms with Crippen LogP contribution in [0.4, 0.5) is 0 Å². The molecule has 1 aromatic heterocycles. The molecule has 9 nitrogen and oxygen atoms in total. The molecule has 0 amide bonds. The van der Waals surface area contributed by atoms with Crippen LogP contribution in [0, 0.1) is 0 Å². The highest BCUT2D eigenvalue weighted by molar-refractivity contribution is 7.46. The number of fused-ring (bicyclic) bond motifs is 3. The zero-order valence-corrected chi connectivity index (χ0v) is 19.3. The lowest BCUT2D eigenvalue weighted by Gasteiger charge is -2.24. The summed E-state index contributed by atoms with van der Waals surface area (Å²) in [6, 6.07) is 8.75. The van der Waals surface area contributed by atoms with Crippen LogP contribution in [-0.2, 0) is 22.2 Å². The van der Waals surface area contributed by atoms with Gasteiger partial charge in [-0.25, -0.2) is 4.57 Å². The minimum atomic E-state index is -4.76. The number of nitrogens with zero attached hydrogens (tertiary/aromatic N) is 1. The lowest BCUT2D eigenvalue weighted by atomic mass is 9.96. The summed E-state index contributed by atoms with van der Waals surface area (Å²) in [5.41, 5.74) is 1.96. The van der Waals surface area contributed by atoms with Crippen molar-refractivity contribution in [2.45, 2.75) is 32.9 Å². The molecule has 3 aromatic rings. The summed E-state index contributed by atoms with van der Waals surface area (Å²) in [4.78, 5) is 32.4. The van der Waals surface area contributed by atoms with Gasteiger partial charge in [-0.3, -0.25) is 9.32 Å². The largest absolute Gasteiger partial charge is 0.497 e. The fourth-order valence-corrected chi connectivity index (χ4v) is 4.23. The smallest absolute Gasteiger partial charge is 0.471 e. The Labute approximate surface area is 190 Å². The molecule has 33 heavy (non-hydrogen) atoms. The zero-order valence-electron chi connectivity index (χ0n) is 18.4. The predicted molar refractivity (Wildman–Crippen MR) is 123 cm³/mol. The van der Waals surface area contributed by atoms with Gasteiger partial charge in [0.25, 0.3) is 0 Å². The SMILES string of the molecule is CCCOc1cc2c(c3c(=O)c(-c4ccc(OC)cc4)cn(COP(=O)(O)O)c13)CCCO2.